The number of carbonyl (C=O) groups is 6. The van der Waals surface area contributed by atoms with Gasteiger partial charge in [-0.15, -0.1) is 22.7 Å². The Kier molecular flexibility index (Phi) is 29.1. The van der Waals surface area contributed by atoms with E-state index in [1.807, 2.05) is 205 Å². The van der Waals surface area contributed by atoms with Crippen molar-refractivity contribution in [1.82, 2.24) is 77.6 Å². The van der Waals surface area contributed by atoms with Crippen molar-refractivity contribution >= 4 is 179 Å². The van der Waals surface area contributed by atoms with Crippen molar-refractivity contribution in [2.45, 2.75) is 32.5 Å². The second-order valence-corrected chi connectivity index (χ2v) is 36.7. The number of amides is 6. The summed E-state index contributed by atoms with van der Waals surface area (Å²) < 4.78 is 46.1. The van der Waals surface area contributed by atoms with E-state index in [1.54, 1.807) is 99.3 Å². The van der Waals surface area contributed by atoms with Crippen LogP contribution in [0.25, 0.3) is 166 Å². The lowest BCUT2D eigenvalue weighted by atomic mass is 10.0. The molecule has 10 heterocycles. The van der Waals surface area contributed by atoms with Crippen LogP contribution < -0.4 is 56.0 Å². The molecule has 0 radical (unpaired) electrons. The highest BCUT2D eigenvalue weighted by Gasteiger charge is 2.30. The number of furan rings is 3. The minimum absolute atomic E-state index is 0.167. The van der Waals surface area contributed by atoms with Gasteiger partial charge in [-0.1, -0.05) is 170 Å². The molecule has 0 aliphatic carbocycles. The van der Waals surface area contributed by atoms with Gasteiger partial charge in [-0.05, 0) is 179 Å². The van der Waals surface area contributed by atoms with E-state index in [1.165, 1.54) is 29.7 Å². The summed E-state index contributed by atoms with van der Waals surface area (Å²) in [4.78, 5) is 77.6. The molecule has 0 aliphatic rings. The minimum Gasteiger partial charge on any atom is -0.495 e. The molecule has 146 heavy (non-hydrogen) atoms. The number of nitrogens with two attached hydrogens (primary N) is 1. The van der Waals surface area contributed by atoms with Gasteiger partial charge in [0.2, 0.25) is 5.91 Å². The largest absolute Gasteiger partial charge is 0.495 e. The van der Waals surface area contributed by atoms with Gasteiger partial charge in [0.05, 0.1) is 136 Å². The molecule has 0 bridgehead atoms. The first kappa shape index (κ1) is 96.8. The van der Waals surface area contributed by atoms with Crippen molar-refractivity contribution in [2.24, 2.45) is 5.73 Å². The van der Waals surface area contributed by atoms with Crippen LogP contribution in [-0.2, 0) is 24.3 Å². The van der Waals surface area contributed by atoms with Crippen LogP contribution in [0.2, 0.25) is 0 Å². The van der Waals surface area contributed by atoms with E-state index in [9.17, 15) is 28.8 Å². The smallest absolute Gasteiger partial charge is 0.255 e. The summed E-state index contributed by atoms with van der Waals surface area (Å²) in [6.45, 7) is 3.61. The van der Waals surface area contributed by atoms with Gasteiger partial charge in [-0.3, -0.25) is 54.3 Å². The van der Waals surface area contributed by atoms with E-state index in [4.69, 9.17) is 42.7 Å². The fourth-order valence-corrected chi connectivity index (χ4v) is 19.1. The maximum absolute atomic E-state index is 13.0. The molecule has 33 heteroatoms. The number of primary amides is 1. The molecule has 1 atom stereocenters. The molecule has 13 aromatic carbocycles. The van der Waals surface area contributed by atoms with E-state index in [0.29, 0.717) is 133 Å². The number of hydrogen-bond donors (Lipinski definition) is 11. The molecule has 12 N–H and O–H groups in total. The number of thioether (sulfide) groups is 1. The number of aromatic nitrogens is 10. The first-order chi connectivity index (χ1) is 71.4. The number of nitrogens with zero attached hydrogens (tertiary/aromatic N) is 5. The van der Waals surface area contributed by atoms with Gasteiger partial charge in [0.25, 0.3) is 29.5 Å². The lowest BCUT2D eigenvalue weighted by Gasteiger charge is -2.13. The predicted molar refractivity (Wildman–Crippen MR) is 575 cm³/mol. The SMILES string of the molecule is COc1c(C(=O)NCCSC)ccc2n[nH]c(-c3cc4ccccc4o3)c12.COc1c(C(=O)NCCc2cccs2)ccc2n[nH]c(-c3cc4ccccc4o3)c12.COc1c(C(=O)NCc2ccccc2)ccc2n[nH]c(-c3ccc4ccccc4c3)c12.COc1c(C(=O)NCc2cccs2)ccc2n[nH]c(-c3ccc4ccccc4c3)c12.COc1c(C(=O)N[C@@H](C)C(N)=O)ccc2n[nH]c(-c3cc4ccccc4o3)c12. The Hall–Kier alpha value is -18.1. The third-order valence-electron chi connectivity index (χ3n) is 24.6. The van der Waals surface area contributed by atoms with E-state index >= 15 is 0 Å². The highest BCUT2D eigenvalue weighted by atomic mass is 32.2. The van der Waals surface area contributed by atoms with Gasteiger partial charge in [-0.25, -0.2) is 0 Å². The van der Waals surface area contributed by atoms with Crippen molar-refractivity contribution in [3.63, 3.8) is 0 Å². The van der Waals surface area contributed by atoms with Crippen LogP contribution in [0, 0.1) is 0 Å². The van der Waals surface area contributed by atoms with Crippen molar-refractivity contribution in [3.05, 3.63) is 345 Å². The fourth-order valence-electron chi connectivity index (χ4n) is 17.4. The molecular weight excluding hydrogens is 1900 g/mol. The number of para-hydroxylation sites is 3. The zero-order valence-electron chi connectivity index (χ0n) is 79.9. The molecule has 730 valence electrons. The maximum atomic E-state index is 13.0. The van der Waals surface area contributed by atoms with Crippen LogP contribution in [0.1, 0.15) is 74.0 Å². The molecule has 0 saturated heterocycles. The second-order valence-electron chi connectivity index (χ2n) is 33.6. The van der Waals surface area contributed by atoms with Gasteiger partial charge in [-0.2, -0.15) is 37.3 Å². The Morgan fingerprint density at radius 1 is 0.342 bits per heavy atom. The molecule has 0 aliphatic heterocycles. The zero-order valence-corrected chi connectivity index (χ0v) is 82.4. The monoisotopic (exact) mass is 2000 g/mol. The molecule has 10 aromatic heterocycles. The van der Waals surface area contributed by atoms with Gasteiger partial charge in [0, 0.05) is 62.4 Å². The number of methoxy groups -OCH3 is 5. The van der Waals surface area contributed by atoms with E-state index < -0.39 is 17.9 Å². The number of aromatic amines is 5. The van der Waals surface area contributed by atoms with Crippen LogP contribution in [0.4, 0.5) is 0 Å². The second kappa shape index (κ2) is 44.0. The maximum Gasteiger partial charge on any atom is 0.255 e. The molecule has 23 rings (SSSR count). The number of rotatable bonds is 27. The number of hydrogen-bond acceptors (Lipinski definition) is 22. The Balaban J connectivity index is 0.000000115. The Morgan fingerprint density at radius 3 is 1.03 bits per heavy atom. The van der Waals surface area contributed by atoms with Gasteiger partial charge in [0.15, 0.2) is 17.3 Å². The van der Waals surface area contributed by atoms with Gasteiger partial charge in [0.1, 0.15) is 68.6 Å². The minimum atomic E-state index is -0.813. The van der Waals surface area contributed by atoms with Crippen LogP contribution in [0.15, 0.2) is 315 Å². The third kappa shape index (κ3) is 20.5. The summed E-state index contributed by atoms with van der Waals surface area (Å²) >= 11 is 4.98. The lowest BCUT2D eigenvalue weighted by Crippen LogP contribution is -2.42. The van der Waals surface area contributed by atoms with Gasteiger partial charge < -0.3 is 69.3 Å². The van der Waals surface area contributed by atoms with Crippen molar-refractivity contribution in [1.29, 1.82) is 0 Å². The average molecular weight is 2000 g/mol. The molecule has 0 saturated carbocycles. The highest BCUT2D eigenvalue weighted by Crippen LogP contribution is 2.45. The Bertz CT molecular complexity index is 8640. The third-order valence-corrected chi connectivity index (χ3v) is 27.0. The van der Waals surface area contributed by atoms with E-state index in [0.717, 1.165) is 121 Å². The lowest BCUT2D eigenvalue weighted by molar-refractivity contribution is -0.119. The van der Waals surface area contributed by atoms with Crippen LogP contribution in [-0.4, -0.2) is 153 Å². The Labute approximate surface area is 846 Å². The summed E-state index contributed by atoms with van der Waals surface area (Å²) in [5, 5.41) is 66.9. The topological polar surface area (TPSA) is 418 Å². The number of ether oxygens (including phenoxy) is 5. The first-order valence-corrected chi connectivity index (χ1v) is 49.6. The fraction of sp³-hybridized carbons (Fsp3) is 0.124. The van der Waals surface area contributed by atoms with Crippen molar-refractivity contribution in [3.8, 4) is 85.6 Å². The molecule has 6 amide bonds. The summed E-state index contributed by atoms with van der Waals surface area (Å²) in [6.07, 6.45) is 2.80. The number of benzene rings is 13. The van der Waals surface area contributed by atoms with Gasteiger partial charge >= 0.3 is 0 Å². The molecule has 0 unspecified atom stereocenters. The number of nitrogens with one attached hydrogen (secondary N) is 10. The quantitative estimate of drug-likeness (QED) is 0.0213. The van der Waals surface area contributed by atoms with E-state index in [-0.39, 0.29) is 29.2 Å². The van der Waals surface area contributed by atoms with Crippen LogP contribution in [0.3, 0.4) is 0 Å². The highest BCUT2D eigenvalue weighted by molar-refractivity contribution is 7.98. The first-order valence-electron chi connectivity index (χ1n) is 46.5. The summed E-state index contributed by atoms with van der Waals surface area (Å²) in [6, 6.07) is 92.6. The number of carbonyl (C=O) groups excluding carboxylic acids is 6. The number of fused-ring (bicyclic) bond motifs is 10. The van der Waals surface area contributed by atoms with Crippen molar-refractivity contribution < 1.29 is 65.7 Å². The normalized spacial score (nSPS) is 11.3. The standard InChI is InChI=1S/C26H21N3O2.C24H19N3O2S.C23H19N3O3S.C20H18N4O4.C20H19N3O3S/c1-31-25-21(26(30)27-16-17-7-3-2-4-8-17)13-14-22-23(25)24(29-28-22)20-12-11-18-9-5-6-10-19(18)15-20;1-29-23-19(24(28)25-14-18-7-4-12-30-18)10-11-20-21(23)22(27-26-20)17-9-8-15-5-2-3-6-16(15)13-17;1-28-22-16(23(27)24-11-10-15-6-4-12-30-15)8-9-17-20(22)21(26-25-17)19-13-14-5-2-3-7-18(14)29-19;1-10(19(21)25)22-20(26)12-7-8-13-16(18(12)27-2)17(24-23-13)15-9-11-5-3-4-6-14(11)28-15;1-25-19-13(20(24)21-9-10-27-2)7-8-14-17(19)18(23-22-14)16-11-12-5-3-4-6-15(12)26-16/h2-15H,16H2,1H3,(H,27,30)(H,28,29);2-13H,14H2,1H3,(H,25,28)(H,26,27);2-9,12-13H,10-11H2,1H3,(H,24,27)(H,25,26);3-10H,1-2H3,(H2,21,25)(H,22,26)(H,23,24);3-8,11H,9-10H2,1-2H3,(H,21,24)(H,22,23)/t;;;10-;/m...0./s1. The molecule has 0 spiro atoms. The average Bonchev–Trinajstić information content (AvgIpc) is 1.61. The summed E-state index contributed by atoms with van der Waals surface area (Å²) in [5.41, 5.74) is 19.9. The van der Waals surface area contributed by atoms with Crippen LogP contribution in [0.5, 0.6) is 28.7 Å². The molecular formula is C113H96N16O14S3. The van der Waals surface area contributed by atoms with E-state index in [2.05, 4.69) is 144 Å². The molecule has 30 nitrogen and oxygen atoms in total. The summed E-state index contributed by atoms with van der Waals surface area (Å²) in [5.74, 6) is 3.25. The number of thiophene rings is 2. The Morgan fingerprint density at radius 2 is 0.671 bits per heavy atom. The predicted octanol–water partition coefficient (Wildman–Crippen LogP) is 22.4. The zero-order chi connectivity index (χ0) is 101. The summed E-state index contributed by atoms with van der Waals surface area (Å²) in [7, 11) is 7.76. The van der Waals surface area contributed by atoms with Crippen LogP contribution >= 0.6 is 34.4 Å². The molecule has 23 aromatic rings. The number of H-pyrrole nitrogens is 5. The molecule has 0 fully saturated rings. The van der Waals surface area contributed by atoms with Crippen molar-refractivity contribution in [2.75, 3.05) is 60.6 Å².